The fourth-order valence-electron chi connectivity index (χ4n) is 2.83. The first kappa shape index (κ1) is 14.3. The predicted molar refractivity (Wildman–Crippen MR) is 70.9 cm³/mol. The highest BCUT2D eigenvalue weighted by molar-refractivity contribution is 5.29. The van der Waals surface area contributed by atoms with Crippen molar-refractivity contribution in [1.82, 2.24) is 5.32 Å². The number of halogens is 2. The van der Waals surface area contributed by atoms with E-state index in [0.717, 1.165) is 18.8 Å². The molecular weight excluding hydrogens is 248 g/mol. The molecule has 2 atom stereocenters. The average molecular weight is 269 g/mol. The van der Waals surface area contributed by atoms with Crippen molar-refractivity contribution in [2.24, 2.45) is 5.92 Å². The molecule has 2 N–H and O–H groups in total. The smallest absolute Gasteiger partial charge is 0.187 e. The Morgan fingerprint density at radius 2 is 1.95 bits per heavy atom. The molecule has 0 saturated heterocycles. The second kappa shape index (κ2) is 6.33. The Balaban J connectivity index is 1.91. The normalized spacial score (nSPS) is 23.5. The van der Waals surface area contributed by atoms with Gasteiger partial charge >= 0.3 is 0 Å². The second-order valence-electron chi connectivity index (χ2n) is 5.43. The van der Waals surface area contributed by atoms with E-state index in [1.54, 1.807) is 0 Å². The van der Waals surface area contributed by atoms with E-state index >= 15 is 0 Å². The van der Waals surface area contributed by atoms with E-state index in [2.05, 4.69) is 12.2 Å². The molecule has 1 saturated carbocycles. The maximum absolute atomic E-state index is 13.2. The molecule has 19 heavy (non-hydrogen) atoms. The van der Waals surface area contributed by atoms with Crippen molar-refractivity contribution in [2.45, 2.75) is 51.6 Å². The molecule has 2 nitrogen and oxygen atoms in total. The van der Waals surface area contributed by atoms with Gasteiger partial charge in [-0.1, -0.05) is 26.2 Å². The molecule has 0 aromatic heterocycles. The van der Waals surface area contributed by atoms with E-state index < -0.39 is 17.4 Å². The first-order valence-corrected chi connectivity index (χ1v) is 7.00. The molecule has 1 fully saturated rings. The minimum atomic E-state index is -0.896. The van der Waals surface area contributed by atoms with Crippen LogP contribution in [0.15, 0.2) is 12.1 Å². The molecule has 1 aromatic rings. The number of benzene rings is 1. The van der Waals surface area contributed by atoms with Crippen LogP contribution in [0.1, 0.15) is 44.6 Å². The van der Waals surface area contributed by atoms with Gasteiger partial charge in [-0.05, 0) is 36.5 Å². The van der Waals surface area contributed by atoms with Gasteiger partial charge in [0.1, 0.15) is 0 Å². The minimum absolute atomic E-state index is 0.429. The fraction of sp³-hybridized carbons (Fsp3) is 0.600. The van der Waals surface area contributed by atoms with Gasteiger partial charge in [0, 0.05) is 12.6 Å². The zero-order chi connectivity index (χ0) is 13.8. The van der Waals surface area contributed by atoms with E-state index in [4.69, 9.17) is 5.11 Å². The van der Waals surface area contributed by atoms with Crippen molar-refractivity contribution in [1.29, 1.82) is 0 Å². The van der Waals surface area contributed by atoms with Gasteiger partial charge in [-0.2, -0.15) is 0 Å². The molecule has 4 heteroatoms. The van der Waals surface area contributed by atoms with Gasteiger partial charge in [0.15, 0.2) is 17.4 Å². The number of nitrogens with one attached hydrogen (secondary N) is 1. The summed E-state index contributed by atoms with van der Waals surface area (Å²) in [6.07, 6.45) is 5.96. The number of rotatable bonds is 4. The number of phenolic OH excluding ortho intramolecular Hbond substituents is 1. The van der Waals surface area contributed by atoms with Gasteiger partial charge in [-0.15, -0.1) is 0 Å². The van der Waals surface area contributed by atoms with Crippen LogP contribution in [0, 0.1) is 17.6 Å². The Morgan fingerprint density at radius 1 is 1.26 bits per heavy atom. The van der Waals surface area contributed by atoms with E-state index in [1.807, 2.05) is 0 Å². The lowest BCUT2D eigenvalue weighted by molar-refractivity contribution is 0.278. The molecule has 0 bridgehead atoms. The Morgan fingerprint density at radius 3 is 2.58 bits per heavy atom. The lowest BCUT2D eigenvalue weighted by Crippen LogP contribution is -2.33. The molecule has 1 aliphatic carbocycles. The summed E-state index contributed by atoms with van der Waals surface area (Å²) in [4.78, 5) is 0. The molecule has 1 aromatic carbocycles. The highest BCUT2D eigenvalue weighted by atomic mass is 19.1. The topological polar surface area (TPSA) is 32.3 Å². The molecule has 0 aliphatic heterocycles. The van der Waals surface area contributed by atoms with Crippen LogP contribution in [-0.4, -0.2) is 11.1 Å². The van der Waals surface area contributed by atoms with Gasteiger partial charge in [-0.3, -0.25) is 0 Å². The number of aromatic hydroxyl groups is 1. The zero-order valence-electron chi connectivity index (χ0n) is 11.3. The molecule has 0 radical (unpaired) electrons. The third-order valence-corrected chi connectivity index (χ3v) is 4.03. The largest absolute Gasteiger partial charge is 0.503 e. The molecule has 0 amide bonds. The van der Waals surface area contributed by atoms with Gasteiger partial charge in [0.25, 0.3) is 0 Å². The Hall–Kier alpha value is -1.16. The van der Waals surface area contributed by atoms with Crippen LogP contribution >= 0.6 is 0 Å². The van der Waals surface area contributed by atoms with E-state index in [1.165, 1.54) is 31.4 Å². The second-order valence-corrected chi connectivity index (χ2v) is 5.43. The summed E-state index contributed by atoms with van der Waals surface area (Å²) in [5.74, 6) is -1.93. The first-order valence-electron chi connectivity index (χ1n) is 7.00. The number of phenols is 1. The summed E-state index contributed by atoms with van der Waals surface area (Å²) in [6.45, 7) is 2.65. The number of hydrogen-bond donors (Lipinski definition) is 2. The van der Waals surface area contributed by atoms with Crippen LogP contribution < -0.4 is 5.32 Å². The molecule has 0 spiro atoms. The van der Waals surface area contributed by atoms with Gasteiger partial charge in [-0.25, -0.2) is 8.78 Å². The van der Waals surface area contributed by atoms with Gasteiger partial charge < -0.3 is 10.4 Å². The van der Waals surface area contributed by atoms with Crippen LogP contribution in [0.25, 0.3) is 0 Å². The maximum Gasteiger partial charge on any atom is 0.187 e. The standard InChI is InChI=1S/C15H21F2NO/c1-2-10-4-3-5-12(6-10)18-9-11-7-13(16)15(19)14(17)8-11/h7-8,10,12,18-19H,2-6,9H2,1H3. The van der Waals surface area contributed by atoms with E-state index in [9.17, 15) is 8.78 Å². The van der Waals surface area contributed by atoms with Crippen molar-refractivity contribution < 1.29 is 13.9 Å². The van der Waals surface area contributed by atoms with Crippen molar-refractivity contribution in [3.05, 3.63) is 29.3 Å². The fourth-order valence-corrected chi connectivity index (χ4v) is 2.83. The van der Waals surface area contributed by atoms with E-state index in [0.29, 0.717) is 18.2 Å². The third-order valence-electron chi connectivity index (χ3n) is 4.03. The molecule has 1 aliphatic rings. The van der Waals surface area contributed by atoms with Crippen LogP contribution in [0.2, 0.25) is 0 Å². The van der Waals surface area contributed by atoms with Gasteiger partial charge in [0.05, 0.1) is 0 Å². The monoisotopic (exact) mass is 269 g/mol. The molecule has 2 rings (SSSR count). The first-order chi connectivity index (χ1) is 9.10. The molecule has 2 unspecified atom stereocenters. The quantitative estimate of drug-likeness (QED) is 0.873. The van der Waals surface area contributed by atoms with Crippen molar-refractivity contribution in [3.63, 3.8) is 0 Å². The van der Waals surface area contributed by atoms with Crippen LogP contribution in [0.5, 0.6) is 5.75 Å². The lowest BCUT2D eigenvalue weighted by atomic mass is 9.84. The summed E-state index contributed by atoms with van der Waals surface area (Å²) in [7, 11) is 0. The van der Waals surface area contributed by atoms with Crippen molar-refractivity contribution >= 4 is 0 Å². The summed E-state index contributed by atoms with van der Waals surface area (Å²) in [6, 6.07) is 2.80. The SMILES string of the molecule is CCC1CCCC(NCc2cc(F)c(O)c(F)c2)C1. The summed E-state index contributed by atoms with van der Waals surface area (Å²) < 4.78 is 26.4. The molecule has 106 valence electrons. The summed E-state index contributed by atoms with van der Waals surface area (Å²) in [5.41, 5.74) is 0.534. The molecule has 0 heterocycles. The van der Waals surface area contributed by atoms with Crippen LogP contribution in [0.3, 0.4) is 0 Å². The highest BCUT2D eigenvalue weighted by Gasteiger charge is 2.20. The lowest BCUT2D eigenvalue weighted by Gasteiger charge is -2.29. The molecular formula is C15H21F2NO. The average Bonchev–Trinajstić information content (AvgIpc) is 2.42. The minimum Gasteiger partial charge on any atom is -0.503 e. The summed E-state index contributed by atoms with van der Waals surface area (Å²) in [5, 5.41) is 12.4. The van der Waals surface area contributed by atoms with Crippen LogP contribution in [0.4, 0.5) is 8.78 Å². The van der Waals surface area contributed by atoms with Crippen molar-refractivity contribution in [2.75, 3.05) is 0 Å². The zero-order valence-corrected chi connectivity index (χ0v) is 11.3. The maximum atomic E-state index is 13.2. The van der Waals surface area contributed by atoms with Crippen molar-refractivity contribution in [3.8, 4) is 5.75 Å². The van der Waals surface area contributed by atoms with Gasteiger partial charge in [0.2, 0.25) is 0 Å². The predicted octanol–water partition coefficient (Wildman–Crippen LogP) is 3.73. The Bertz CT molecular complexity index is 413. The van der Waals surface area contributed by atoms with E-state index in [-0.39, 0.29) is 0 Å². The summed E-state index contributed by atoms with van der Waals surface area (Å²) >= 11 is 0. The third kappa shape index (κ3) is 3.66. The van der Waals surface area contributed by atoms with Crippen LogP contribution in [-0.2, 0) is 6.54 Å². The highest BCUT2D eigenvalue weighted by Crippen LogP contribution is 2.27. The Labute approximate surface area is 112 Å². The number of hydrogen-bond acceptors (Lipinski definition) is 2. The Kier molecular flexibility index (Phi) is 4.75.